The van der Waals surface area contributed by atoms with E-state index >= 15 is 0 Å². The highest BCUT2D eigenvalue weighted by molar-refractivity contribution is 5.06. The minimum atomic E-state index is -0.535. The number of hydrogen-bond acceptors (Lipinski definition) is 4. The lowest BCUT2D eigenvalue weighted by atomic mass is 10.1. The van der Waals surface area contributed by atoms with Crippen molar-refractivity contribution >= 4 is 0 Å². The number of hydrogen-bond donors (Lipinski definition) is 1. The van der Waals surface area contributed by atoms with Gasteiger partial charge in [0.25, 0.3) is 0 Å². The molecule has 1 N–H and O–H groups in total. The van der Waals surface area contributed by atoms with Crippen molar-refractivity contribution in [1.29, 1.82) is 0 Å². The molecule has 1 atom stereocenters. The highest BCUT2D eigenvalue weighted by Gasteiger charge is 2.14. The second-order valence-electron chi connectivity index (χ2n) is 3.25. The molecule has 0 spiro atoms. The van der Waals surface area contributed by atoms with Crippen molar-refractivity contribution in [2.75, 3.05) is 33.5 Å². The summed E-state index contributed by atoms with van der Waals surface area (Å²) in [5, 5.41) is 9.66. The predicted octanol–water partition coefficient (Wildman–Crippen LogP) is 0.705. The molecule has 1 rings (SSSR count). The molecule has 0 saturated carbocycles. The molecule has 4 nitrogen and oxygen atoms in total. The lowest BCUT2D eigenvalue weighted by molar-refractivity contribution is 0.0220. The Morgan fingerprint density at radius 3 is 3.07 bits per heavy atom. The molecule has 0 aromatic carbocycles. The van der Waals surface area contributed by atoms with Gasteiger partial charge >= 0.3 is 0 Å². The summed E-state index contributed by atoms with van der Waals surface area (Å²) in [5.74, 6) is 0. The third kappa shape index (κ3) is 4.09. The van der Waals surface area contributed by atoms with E-state index in [1.165, 1.54) is 0 Å². The lowest BCUT2D eigenvalue weighted by Crippen LogP contribution is -2.21. The Hall–Kier alpha value is -0.580. The van der Waals surface area contributed by atoms with Gasteiger partial charge in [-0.05, 0) is 18.4 Å². The van der Waals surface area contributed by atoms with Crippen molar-refractivity contribution in [3.05, 3.63) is 11.8 Å². The normalized spacial score (nSPS) is 18.6. The van der Waals surface area contributed by atoms with Gasteiger partial charge < -0.3 is 19.3 Å². The van der Waals surface area contributed by atoms with Gasteiger partial charge in [0.15, 0.2) is 0 Å². The first kappa shape index (κ1) is 11.5. The molecule has 82 valence electrons. The molecule has 0 aliphatic carbocycles. The van der Waals surface area contributed by atoms with E-state index in [0.717, 1.165) is 25.0 Å². The molecule has 1 unspecified atom stereocenters. The quantitative estimate of drug-likeness (QED) is 0.644. The van der Waals surface area contributed by atoms with Crippen LogP contribution in [0.3, 0.4) is 0 Å². The molecule has 0 bridgehead atoms. The van der Waals surface area contributed by atoms with Crippen LogP contribution in [0.4, 0.5) is 0 Å². The molecule has 0 fully saturated rings. The van der Waals surface area contributed by atoms with Gasteiger partial charge in [0, 0.05) is 7.11 Å². The zero-order valence-corrected chi connectivity index (χ0v) is 8.57. The molecule has 14 heavy (non-hydrogen) atoms. The third-order valence-electron chi connectivity index (χ3n) is 2.10. The Morgan fingerprint density at radius 1 is 1.57 bits per heavy atom. The molecule has 1 aliphatic rings. The average Bonchev–Trinajstić information content (AvgIpc) is 2.25. The van der Waals surface area contributed by atoms with Crippen molar-refractivity contribution in [2.24, 2.45) is 0 Å². The Bertz CT molecular complexity index is 179. The van der Waals surface area contributed by atoms with Gasteiger partial charge in [0.1, 0.15) is 6.10 Å². The Morgan fingerprint density at radius 2 is 2.43 bits per heavy atom. The maximum Gasteiger partial charge on any atom is 0.102 e. The molecule has 1 heterocycles. The van der Waals surface area contributed by atoms with Crippen molar-refractivity contribution in [3.63, 3.8) is 0 Å². The number of methoxy groups -OCH3 is 1. The molecule has 0 amide bonds. The van der Waals surface area contributed by atoms with Crippen LogP contribution in [0.15, 0.2) is 11.8 Å². The summed E-state index contributed by atoms with van der Waals surface area (Å²) < 4.78 is 15.2. The van der Waals surface area contributed by atoms with Crippen LogP contribution < -0.4 is 0 Å². The lowest BCUT2D eigenvalue weighted by Gasteiger charge is -2.18. The first-order valence-electron chi connectivity index (χ1n) is 4.90. The van der Waals surface area contributed by atoms with E-state index < -0.39 is 6.10 Å². The van der Waals surface area contributed by atoms with Crippen LogP contribution >= 0.6 is 0 Å². The number of ether oxygens (including phenoxy) is 3. The maximum atomic E-state index is 9.66. The van der Waals surface area contributed by atoms with Crippen LogP contribution in [0, 0.1) is 0 Å². The van der Waals surface area contributed by atoms with Crippen LogP contribution in [0.5, 0.6) is 0 Å². The molecule has 4 heteroatoms. The summed E-state index contributed by atoms with van der Waals surface area (Å²) in [7, 11) is 1.62. The van der Waals surface area contributed by atoms with Crippen molar-refractivity contribution in [1.82, 2.24) is 0 Å². The minimum absolute atomic E-state index is 0.318. The van der Waals surface area contributed by atoms with E-state index in [4.69, 9.17) is 14.2 Å². The van der Waals surface area contributed by atoms with Crippen molar-refractivity contribution < 1.29 is 19.3 Å². The smallest absolute Gasteiger partial charge is 0.102 e. The summed E-state index contributed by atoms with van der Waals surface area (Å²) >= 11 is 0. The average molecular weight is 202 g/mol. The van der Waals surface area contributed by atoms with E-state index in [1.54, 1.807) is 13.4 Å². The van der Waals surface area contributed by atoms with Crippen LogP contribution in [-0.4, -0.2) is 44.7 Å². The monoisotopic (exact) mass is 202 g/mol. The molecule has 0 saturated heterocycles. The Balaban J connectivity index is 2.13. The first-order valence-corrected chi connectivity index (χ1v) is 4.90. The first-order chi connectivity index (χ1) is 6.84. The summed E-state index contributed by atoms with van der Waals surface area (Å²) in [5.41, 5.74) is 0.925. The SMILES string of the molecule is COCCOCC(O)C1=COCCC1. The second-order valence-corrected chi connectivity index (χ2v) is 3.25. The van der Waals surface area contributed by atoms with Crippen LogP contribution in [0.25, 0.3) is 0 Å². The highest BCUT2D eigenvalue weighted by atomic mass is 16.5. The van der Waals surface area contributed by atoms with Gasteiger partial charge in [-0.3, -0.25) is 0 Å². The van der Waals surface area contributed by atoms with Crippen LogP contribution in [0.1, 0.15) is 12.8 Å². The molecular weight excluding hydrogens is 184 g/mol. The Kier molecular flexibility index (Phi) is 5.59. The summed E-state index contributed by atoms with van der Waals surface area (Å²) in [6.45, 7) is 2.14. The maximum absolute atomic E-state index is 9.66. The van der Waals surface area contributed by atoms with E-state index in [2.05, 4.69) is 0 Å². The molecule has 0 aromatic rings. The summed E-state index contributed by atoms with van der Waals surface area (Å²) in [6.07, 6.45) is 2.98. The van der Waals surface area contributed by atoms with Gasteiger partial charge in [-0.2, -0.15) is 0 Å². The number of rotatable bonds is 6. The predicted molar refractivity (Wildman–Crippen MR) is 52.0 cm³/mol. The van der Waals surface area contributed by atoms with Gasteiger partial charge in [0.05, 0.1) is 32.7 Å². The zero-order valence-electron chi connectivity index (χ0n) is 8.57. The van der Waals surface area contributed by atoms with E-state index in [9.17, 15) is 5.11 Å². The minimum Gasteiger partial charge on any atom is -0.501 e. The number of aliphatic hydroxyl groups excluding tert-OH is 1. The molecule has 0 radical (unpaired) electrons. The van der Waals surface area contributed by atoms with Gasteiger partial charge in [-0.25, -0.2) is 0 Å². The van der Waals surface area contributed by atoms with Crippen LogP contribution in [0.2, 0.25) is 0 Å². The second kappa shape index (κ2) is 6.81. The topological polar surface area (TPSA) is 47.9 Å². The third-order valence-corrected chi connectivity index (χ3v) is 2.10. The van der Waals surface area contributed by atoms with Crippen molar-refractivity contribution in [3.8, 4) is 0 Å². The van der Waals surface area contributed by atoms with E-state index in [-0.39, 0.29) is 0 Å². The fraction of sp³-hybridized carbons (Fsp3) is 0.800. The molecule has 0 aromatic heterocycles. The standard InChI is InChI=1S/C10H18O4/c1-12-5-6-14-8-10(11)9-3-2-4-13-7-9/h7,10-11H,2-6,8H2,1H3. The fourth-order valence-corrected chi connectivity index (χ4v) is 1.27. The number of aliphatic hydroxyl groups is 1. The molecule has 1 aliphatic heterocycles. The zero-order chi connectivity index (χ0) is 10.2. The summed E-state index contributed by atoms with van der Waals surface area (Å²) in [4.78, 5) is 0. The highest BCUT2D eigenvalue weighted by Crippen LogP contribution is 2.15. The Labute approximate surface area is 84.5 Å². The van der Waals surface area contributed by atoms with Crippen molar-refractivity contribution in [2.45, 2.75) is 18.9 Å². The largest absolute Gasteiger partial charge is 0.501 e. The molecular formula is C10H18O4. The summed E-state index contributed by atoms with van der Waals surface area (Å²) in [6, 6.07) is 0. The van der Waals surface area contributed by atoms with Gasteiger partial charge in [0.2, 0.25) is 0 Å². The van der Waals surface area contributed by atoms with E-state index in [1.807, 2.05) is 0 Å². The van der Waals surface area contributed by atoms with E-state index in [0.29, 0.717) is 19.8 Å². The van der Waals surface area contributed by atoms with Crippen LogP contribution in [-0.2, 0) is 14.2 Å². The van der Waals surface area contributed by atoms with Gasteiger partial charge in [-0.15, -0.1) is 0 Å². The van der Waals surface area contributed by atoms with Gasteiger partial charge in [-0.1, -0.05) is 0 Å². The fourth-order valence-electron chi connectivity index (χ4n) is 1.27.